The van der Waals surface area contributed by atoms with Crippen molar-refractivity contribution in [3.8, 4) is 5.75 Å². The van der Waals surface area contributed by atoms with E-state index in [1.807, 2.05) is 42.2 Å². The summed E-state index contributed by atoms with van der Waals surface area (Å²) in [4.78, 5) is 36.3. The predicted octanol–water partition coefficient (Wildman–Crippen LogP) is 4.07. The fourth-order valence-corrected chi connectivity index (χ4v) is 3.88. The average molecular weight is 431 g/mol. The number of carbonyl (C=O) groups is 2. The molecular weight excluding hydrogens is 404 g/mol. The summed E-state index contributed by atoms with van der Waals surface area (Å²) in [6, 6.07) is 16.5. The Labute approximate surface area is 187 Å². The van der Waals surface area contributed by atoms with Gasteiger partial charge in [0.15, 0.2) is 0 Å². The van der Waals surface area contributed by atoms with Gasteiger partial charge in [0.05, 0.1) is 18.4 Å². The Bertz CT molecular complexity index is 1090. The molecule has 1 aliphatic heterocycles. The summed E-state index contributed by atoms with van der Waals surface area (Å²) in [6.45, 7) is 3.16. The van der Waals surface area contributed by atoms with E-state index in [-0.39, 0.29) is 17.7 Å². The second-order valence-electron chi connectivity index (χ2n) is 7.84. The van der Waals surface area contributed by atoms with Gasteiger partial charge in [0.2, 0.25) is 0 Å². The number of amides is 2. The van der Waals surface area contributed by atoms with Crippen LogP contribution in [-0.4, -0.2) is 46.9 Å². The van der Waals surface area contributed by atoms with Crippen LogP contribution in [0.5, 0.6) is 5.75 Å². The number of likely N-dealkylation sites (tertiary alicyclic amines) is 1. The molecule has 0 aliphatic carbocycles. The van der Waals surface area contributed by atoms with Gasteiger partial charge in [-0.2, -0.15) is 0 Å². The largest absolute Gasteiger partial charge is 0.497 e. The minimum Gasteiger partial charge on any atom is -0.497 e. The molecule has 0 radical (unpaired) electrons. The number of hydrogen-bond donors (Lipinski definition) is 1. The lowest BCUT2D eigenvalue weighted by Crippen LogP contribution is -2.38. The number of methoxy groups -OCH3 is 1. The molecule has 0 bridgehead atoms. The molecule has 1 fully saturated rings. The maximum Gasteiger partial charge on any atom is 0.259 e. The molecule has 7 heteroatoms. The molecule has 2 aromatic carbocycles. The molecule has 0 spiro atoms. The first-order valence-corrected chi connectivity index (χ1v) is 10.7. The number of rotatable bonds is 5. The number of piperidine rings is 1. The van der Waals surface area contributed by atoms with Gasteiger partial charge >= 0.3 is 0 Å². The van der Waals surface area contributed by atoms with E-state index in [0.29, 0.717) is 35.6 Å². The van der Waals surface area contributed by atoms with Crippen molar-refractivity contribution in [3.63, 3.8) is 0 Å². The van der Waals surface area contributed by atoms with Crippen LogP contribution in [0.3, 0.4) is 0 Å². The van der Waals surface area contributed by atoms with Crippen LogP contribution >= 0.6 is 0 Å². The molecule has 0 atom stereocenters. The second-order valence-corrected chi connectivity index (χ2v) is 7.84. The molecule has 1 aromatic heterocycles. The summed E-state index contributed by atoms with van der Waals surface area (Å²) in [6.07, 6.45) is 3.20. The van der Waals surface area contributed by atoms with Crippen LogP contribution in [0.25, 0.3) is 0 Å². The Balaban J connectivity index is 1.38. The van der Waals surface area contributed by atoms with Crippen molar-refractivity contribution in [1.29, 1.82) is 0 Å². The third kappa shape index (κ3) is 4.77. The van der Waals surface area contributed by atoms with Gasteiger partial charge in [0.1, 0.15) is 11.6 Å². The number of nitrogens with one attached hydrogen (secondary N) is 1. The Morgan fingerprint density at radius 3 is 2.34 bits per heavy atom. The summed E-state index contributed by atoms with van der Waals surface area (Å²) in [5.74, 6) is 1.44. The normalized spacial score (nSPS) is 14.1. The van der Waals surface area contributed by atoms with Crippen molar-refractivity contribution in [2.24, 2.45) is 0 Å². The van der Waals surface area contributed by atoms with E-state index in [1.165, 1.54) is 0 Å². The van der Waals surface area contributed by atoms with Crippen molar-refractivity contribution in [1.82, 2.24) is 14.9 Å². The minimum absolute atomic E-state index is 0.0618. The lowest BCUT2D eigenvalue weighted by Gasteiger charge is -2.31. The maximum atomic E-state index is 12.7. The van der Waals surface area contributed by atoms with Crippen molar-refractivity contribution in [2.45, 2.75) is 25.7 Å². The number of carbonyl (C=O) groups excluding carboxylic acids is 2. The highest BCUT2D eigenvalue weighted by atomic mass is 16.5. The molecule has 0 saturated carbocycles. The van der Waals surface area contributed by atoms with Crippen molar-refractivity contribution in [3.05, 3.63) is 83.4 Å². The maximum absolute atomic E-state index is 12.7. The first-order valence-electron chi connectivity index (χ1n) is 10.7. The van der Waals surface area contributed by atoms with Crippen LogP contribution in [0.2, 0.25) is 0 Å². The van der Waals surface area contributed by atoms with Gasteiger partial charge in [-0.25, -0.2) is 9.97 Å². The fraction of sp³-hybridized carbons (Fsp3) is 0.280. The number of hydrogen-bond acceptors (Lipinski definition) is 5. The third-order valence-electron chi connectivity index (χ3n) is 5.76. The first-order chi connectivity index (χ1) is 15.5. The Hall–Kier alpha value is -3.74. The second kappa shape index (κ2) is 9.60. The lowest BCUT2D eigenvalue weighted by molar-refractivity contribution is 0.0710. The van der Waals surface area contributed by atoms with E-state index in [0.717, 1.165) is 24.4 Å². The van der Waals surface area contributed by atoms with Crippen LogP contribution in [-0.2, 0) is 0 Å². The minimum atomic E-state index is -0.248. The van der Waals surface area contributed by atoms with Gasteiger partial charge in [0, 0.05) is 36.5 Å². The monoisotopic (exact) mass is 430 g/mol. The Kier molecular flexibility index (Phi) is 6.44. The van der Waals surface area contributed by atoms with E-state index in [9.17, 15) is 9.59 Å². The van der Waals surface area contributed by atoms with Gasteiger partial charge < -0.3 is 15.0 Å². The highest BCUT2D eigenvalue weighted by Gasteiger charge is 2.26. The molecule has 4 rings (SSSR count). The van der Waals surface area contributed by atoms with E-state index < -0.39 is 0 Å². The van der Waals surface area contributed by atoms with Crippen molar-refractivity contribution < 1.29 is 14.3 Å². The third-order valence-corrected chi connectivity index (χ3v) is 5.76. The molecule has 2 heterocycles. The van der Waals surface area contributed by atoms with E-state index in [2.05, 4.69) is 15.3 Å². The predicted molar refractivity (Wildman–Crippen MR) is 122 cm³/mol. The van der Waals surface area contributed by atoms with E-state index >= 15 is 0 Å². The molecule has 1 aliphatic rings. The van der Waals surface area contributed by atoms with Gasteiger partial charge in [-0.3, -0.25) is 9.59 Å². The summed E-state index contributed by atoms with van der Waals surface area (Å²) in [5.41, 5.74) is 2.48. The molecule has 0 unspecified atom stereocenters. The number of ether oxygens (including phenoxy) is 1. The SMILES string of the molecule is COc1ccc(NC(=O)c2cnc(C3CCN(C(=O)c4ccccc4)CC3)nc2C)cc1. The van der Waals surface area contributed by atoms with Crippen LogP contribution in [0.15, 0.2) is 60.8 Å². The molecule has 3 aromatic rings. The average Bonchev–Trinajstić information content (AvgIpc) is 2.84. The highest BCUT2D eigenvalue weighted by Crippen LogP contribution is 2.27. The standard InChI is InChI=1S/C25H26N4O3/c1-17-22(24(30)28-20-8-10-21(32-2)11-9-20)16-26-23(27-17)18-12-14-29(15-13-18)25(31)19-6-4-3-5-7-19/h3-11,16,18H,12-15H2,1-2H3,(H,28,30). The fourth-order valence-electron chi connectivity index (χ4n) is 3.88. The molecule has 7 nitrogen and oxygen atoms in total. The number of aryl methyl sites for hydroxylation is 1. The molecule has 1 saturated heterocycles. The first kappa shape index (κ1) is 21.5. The zero-order chi connectivity index (χ0) is 22.5. The Morgan fingerprint density at radius 2 is 1.72 bits per heavy atom. The molecular formula is C25H26N4O3. The number of aromatic nitrogens is 2. The molecule has 32 heavy (non-hydrogen) atoms. The van der Waals surface area contributed by atoms with Crippen LogP contribution in [0, 0.1) is 6.92 Å². The summed E-state index contributed by atoms with van der Waals surface area (Å²) >= 11 is 0. The van der Waals surface area contributed by atoms with Gasteiger partial charge in [-0.05, 0) is 56.2 Å². The van der Waals surface area contributed by atoms with E-state index in [1.54, 1.807) is 37.6 Å². The zero-order valence-electron chi connectivity index (χ0n) is 18.2. The van der Waals surface area contributed by atoms with Gasteiger partial charge in [-0.1, -0.05) is 18.2 Å². The topological polar surface area (TPSA) is 84.4 Å². The number of nitrogens with zero attached hydrogens (tertiary/aromatic N) is 3. The van der Waals surface area contributed by atoms with Gasteiger partial charge in [-0.15, -0.1) is 0 Å². The highest BCUT2D eigenvalue weighted by molar-refractivity contribution is 6.04. The summed E-state index contributed by atoms with van der Waals surface area (Å²) in [7, 11) is 1.60. The zero-order valence-corrected chi connectivity index (χ0v) is 18.2. The smallest absolute Gasteiger partial charge is 0.259 e. The quantitative estimate of drug-likeness (QED) is 0.660. The number of benzene rings is 2. The summed E-state index contributed by atoms with van der Waals surface area (Å²) < 4.78 is 5.14. The van der Waals surface area contributed by atoms with Crippen LogP contribution < -0.4 is 10.1 Å². The van der Waals surface area contributed by atoms with Crippen molar-refractivity contribution >= 4 is 17.5 Å². The lowest BCUT2D eigenvalue weighted by atomic mass is 9.95. The van der Waals surface area contributed by atoms with Crippen LogP contribution in [0.4, 0.5) is 5.69 Å². The van der Waals surface area contributed by atoms with Crippen LogP contribution in [0.1, 0.15) is 51.0 Å². The van der Waals surface area contributed by atoms with E-state index in [4.69, 9.17) is 4.74 Å². The molecule has 2 amide bonds. The van der Waals surface area contributed by atoms with Crippen molar-refractivity contribution in [2.75, 3.05) is 25.5 Å². The summed E-state index contributed by atoms with van der Waals surface area (Å²) in [5, 5.41) is 2.86. The Morgan fingerprint density at radius 1 is 1.03 bits per heavy atom. The molecule has 164 valence electrons. The van der Waals surface area contributed by atoms with Gasteiger partial charge in [0.25, 0.3) is 11.8 Å². The molecule has 1 N–H and O–H groups in total. The number of anilines is 1.